The van der Waals surface area contributed by atoms with Crippen molar-refractivity contribution in [2.45, 2.75) is 31.2 Å². The molecule has 7 nitrogen and oxygen atoms in total. The summed E-state index contributed by atoms with van der Waals surface area (Å²) in [6.07, 6.45) is 5.19. The van der Waals surface area contributed by atoms with Crippen LogP contribution >= 0.6 is 12.4 Å². The van der Waals surface area contributed by atoms with Gasteiger partial charge < -0.3 is 15.2 Å². The number of aryl methyl sites for hydroxylation is 1. The molecule has 0 bridgehead atoms. The molecule has 160 valence electrons. The fraction of sp³-hybridized carbons (Fsp3) is 0.350. The summed E-state index contributed by atoms with van der Waals surface area (Å²) in [7, 11) is 1.52. The average Bonchev–Trinajstić information content (AvgIpc) is 3.17. The van der Waals surface area contributed by atoms with Gasteiger partial charge in [0.2, 0.25) is 5.95 Å². The number of aliphatic hydroxyl groups is 1. The second-order valence-corrected chi connectivity index (χ2v) is 7.29. The molecule has 1 aromatic carbocycles. The van der Waals surface area contributed by atoms with E-state index >= 15 is 0 Å². The highest BCUT2D eigenvalue weighted by molar-refractivity contribution is 5.85. The zero-order valence-electron chi connectivity index (χ0n) is 16.2. The summed E-state index contributed by atoms with van der Waals surface area (Å²) in [4.78, 5) is 21.4. The first kappa shape index (κ1) is 21.9. The first-order valence-corrected chi connectivity index (χ1v) is 9.29. The van der Waals surface area contributed by atoms with Crippen LogP contribution in [-0.4, -0.2) is 31.8 Å². The van der Waals surface area contributed by atoms with Crippen molar-refractivity contribution in [2.75, 3.05) is 11.9 Å². The standard InChI is InChI=1S/C20H20F2N4O3.ClH/c1-26-17-12(10-23-19(24-17)25-20(11-27)6-2-3-7-20)8-16(18(26)28)29-15-5-4-13(21)9-14(15)22;/h4-5,8-10,27H,2-3,6-7,11H2,1H3,(H,23,24,25);1H. The number of halogens is 3. The third-order valence-corrected chi connectivity index (χ3v) is 5.27. The molecule has 1 aliphatic carbocycles. The van der Waals surface area contributed by atoms with Gasteiger partial charge >= 0.3 is 0 Å². The summed E-state index contributed by atoms with van der Waals surface area (Å²) in [5, 5.41) is 13.5. The molecule has 2 heterocycles. The second kappa shape index (κ2) is 8.53. The van der Waals surface area contributed by atoms with Gasteiger partial charge in [0.05, 0.1) is 12.1 Å². The molecule has 1 saturated carbocycles. The predicted molar refractivity (Wildman–Crippen MR) is 110 cm³/mol. The molecule has 1 aliphatic rings. The second-order valence-electron chi connectivity index (χ2n) is 7.29. The maximum Gasteiger partial charge on any atom is 0.294 e. The summed E-state index contributed by atoms with van der Waals surface area (Å²) < 4.78 is 33.6. The number of hydrogen-bond acceptors (Lipinski definition) is 6. The minimum atomic E-state index is -0.909. The van der Waals surface area contributed by atoms with Gasteiger partial charge in [0.15, 0.2) is 17.3 Å². The first-order valence-electron chi connectivity index (χ1n) is 9.29. The molecule has 10 heteroatoms. The lowest BCUT2D eigenvalue weighted by molar-refractivity contribution is 0.213. The van der Waals surface area contributed by atoms with Gasteiger partial charge in [-0.1, -0.05) is 12.8 Å². The lowest BCUT2D eigenvalue weighted by Crippen LogP contribution is -2.39. The van der Waals surface area contributed by atoms with E-state index in [4.69, 9.17) is 4.74 Å². The van der Waals surface area contributed by atoms with Crippen molar-refractivity contribution >= 4 is 29.4 Å². The van der Waals surface area contributed by atoms with Crippen LogP contribution in [0.15, 0.2) is 35.3 Å². The van der Waals surface area contributed by atoms with E-state index in [-0.39, 0.29) is 30.5 Å². The molecule has 4 rings (SSSR count). The highest BCUT2D eigenvalue weighted by atomic mass is 35.5. The van der Waals surface area contributed by atoms with Gasteiger partial charge in [-0.25, -0.2) is 13.8 Å². The Bertz CT molecular complexity index is 1130. The zero-order valence-corrected chi connectivity index (χ0v) is 17.0. The first-order chi connectivity index (χ1) is 13.9. The number of benzene rings is 1. The average molecular weight is 439 g/mol. The van der Waals surface area contributed by atoms with Crippen LogP contribution in [-0.2, 0) is 7.05 Å². The number of anilines is 1. The number of pyridine rings is 1. The van der Waals surface area contributed by atoms with Gasteiger partial charge in [-0.3, -0.25) is 9.36 Å². The number of aliphatic hydroxyl groups excluding tert-OH is 1. The Morgan fingerprint density at radius 1 is 1.23 bits per heavy atom. The van der Waals surface area contributed by atoms with E-state index in [1.807, 2.05) is 0 Å². The van der Waals surface area contributed by atoms with Crippen molar-refractivity contribution in [1.29, 1.82) is 0 Å². The SMILES string of the molecule is Cl.Cn1c(=O)c(Oc2ccc(F)cc2F)cc2cnc(NC3(CO)CCCC3)nc21. The molecule has 3 aromatic rings. The number of hydrogen-bond donors (Lipinski definition) is 2. The van der Waals surface area contributed by atoms with Gasteiger partial charge in [-0.05, 0) is 31.0 Å². The Kier molecular flexibility index (Phi) is 6.23. The van der Waals surface area contributed by atoms with E-state index in [2.05, 4.69) is 15.3 Å². The van der Waals surface area contributed by atoms with Gasteiger partial charge in [-0.15, -0.1) is 12.4 Å². The van der Waals surface area contributed by atoms with Gasteiger partial charge in [0.1, 0.15) is 11.5 Å². The summed E-state index contributed by atoms with van der Waals surface area (Å²) in [6.45, 7) is -0.0245. The Hall–Kier alpha value is -2.78. The molecular weight excluding hydrogens is 418 g/mol. The van der Waals surface area contributed by atoms with Gasteiger partial charge in [-0.2, -0.15) is 4.98 Å². The van der Waals surface area contributed by atoms with Crippen molar-refractivity contribution < 1.29 is 18.6 Å². The number of nitrogens with one attached hydrogen (secondary N) is 1. The number of rotatable bonds is 5. The van der Waals surface area contributed by atoms with E-state index in [1.54, 1.807) is 0 Å². The summed E-state index contributed by atoms with van der Waals surface area (Å²) >= 11 is 0. The summed E-state index contributed by atoms with van der Waals surface area (Å²) in [5.41, 5.74) is -0.607. The molecule has 2 N–H and O–H groups in total. The van der Waals surface area contributed by atoms with Crippen molar-refractivity contribution in [3.8, 4) is 11.5 Å². The lowest BCUT2D eigenvalue weighted by atomic mass is 9.99. The largest absolute Gasteiger partial charge is 0.448 e. The van der Waals surface area contributed by atoms with E-state index < -0.39 is 22.7 Å². The van der Waals surface area contributed by atoms with Crippen molar-refractivity contribution in [2.24, 2.45) is 7.05 Å². The molecule has 0 aliphatic heterocycles. The van der Waals surface area contributed by atoms with Crippen LogP contribution in [0, 0.1) is 11.6 Å². The fourth-order valence-corrected chi connectivity index (χ4v) is 3.64. The van der Waals surface area contributed by atoms with E-state index in [0.717, 1.165) is 37.8 Å². The number of aromatic nitrogens is 3. The molecule has 0 saturated heterocycles. The zero-order chi connectivity index (χ0) is 20.6. The van der Waals surface area contributed by atoms with Crippen LogP contribution in [0.1, 0.15) is 25.7 Å². The smallest absolute Gasteiger partial charge is 0.294 e. The maximum absolute atomic E-state index is 13.9. The highest BCUT2D eigenvalue weighted by Crippen LogP contribution is 2.32. The maximum atomic E-state index is 13.9. The van der Waals surface area contributed by atoms with Crippen molar-refractivity contribution in [3.05, 3.63) is 52.5 Å². The predicted octanol–water partition coefficient (Wildman–Crippen LogP) is 3.54. The monoisotopic (exact) mass is 438 g/mol. The van der Waals surface area contributed by atoms with Crippen LogP contribution in [0.2, 0.25) is 0 Å². The quantitative estimate of drug-likeness (QED) is 0.633. The minimum Gasteiger partial charge on any atom is -0.448 e. The normalized spacial score (nSPS) is 15.1. The topological polar surface area (TPSA) is 89.3 Å². The minimum absolute atomic E-state index is 0. The molecule has 30 heavy (non-hydrogen) atoms. The third kappa shape index (κ3) is 4.08. The Labute approximate surface area is 177 Å². The van der Waals surface area contributed by atoms with Crippen LogP contribution in [0.4, 0.5) is 14.7 Å². The van der Waals surface area contributed by atoms with Crippen LogP contribution < -0.4 is 15.6 Å². The summed E-state index contributed by atoms with van der Waals surface area (Å²) in [6, 6.07) is 4.27. The molecule has 0 atom stereocenters. The molecule has 2 aromatic heterocycles. The van der Waals surface area contributed by atoms with Gasteiger partial charge in [0, 0.05) is 24.7 Å². The molecule has 0 unspecified atom stereocenters. The number of fused-ring (bicyclic) bond motifs is 1. The number of nitrogens with zero attached hydrogens (tertiary/aromatic N) is 3. The molecule has 0 spiro atoms. The number of ether oxygens (including phenoxy) is 1. The lowest BCUT2D eigenvalue weighted by Gasteiger charge is -2.27. The van der Waals surface area contributed by atoms with E-state index in [0.29, 0.717) is 23.0 Å². The Balaban J connectivity index is 0.00000256. The van der Waals surface area contributed by atoms with E-state index in [9.17, 15) is 18.7 Å². The molecular formula is C20H21ClF2N4O3. The van der Waals surface area contributed by atoms with Crippen LogP contribution in [0.25, 0.3) is 11.0 Å². The van der Waals surface area contributed by atoms with Crippen molar-refractivity contribution in [1.82, 2.24) is 14.5 Å². The van der Waals surface area contributed by atoms with Crippen LogP contribution in [0.3, 0.4) is 0 Å². The van der Waals surface area contributed by atoms with E-state index in [1.165, 1.54) is 23.9 Å². The van der Waals surface area contributed by atoms with Crippen LogP contribution in [0.5, 0.6) is 11.5 Å². The molecule has 0 radical (unpaired) electrons. The molecule has 1 fully saturated rings. The highest BCUT2D eigenvalue weighted by Gasteiger charge is 2.33. The summed E-state index contributed by atoms with van der Waals surface area (Å²) in [5.74, 6) is -1.71. The fourth-order valence-electron chi connectivity index (χ4n) is 3.64. The van der Waals surface area contributed by atoms with Crippen molar-refractivity contribution in [3.63, 3.8) is 0 Å². The molecule has 0 amide bonds. The Morgan fingerprint density at radius 2 is 1.97 bits per heavy atom. The van der Waals surface area contributed by atoms with Gasteiger partial charge in [0.25, 0.3) is 5.56 Å². The third-order valence-electron chi connectivity index (χ3n) is 5.27. The Morgan fingerprint density at radius 3 is 2.63 bits per heavy atom.